The molecule has 6 nitrogen and oxygen atoms in total. The molecule has 6 heteroatoms. The van der Waals surface area contributed by atoms with E-state index in [4.69, 9.17) is 5.73 Å². The molecule has 0 unspecified atom stereocenters. The Hall–Kier alpha value is -2.47. The van der Waals surface area contributed by atoms with Crippen molar-refractivity contribution in [3.63, 3.8) is 0 Å². The van der Waals surface area contributed by atoms with Gasteiger partial charge in [-0.2, -0.15) is 5.10 Å². The lowest BCUT2D eigenvalue weighted by Gasteiger charge is -2.11. The monoisotopic (exact) mass is 272 g/mol. The zero-order valence-electron chi connectivity index (χ0n) is 10.9. The van der Waals surface area contributed by atoms with Gasteiger partial charge >= 0.3 is 0 Å². The zero-order valence-corrected chi connectivity index (χ0v) is 10.9. The lowest BCUT2D eigenvalue weighted by Crippen LogP contribution is -2.36. The molecule has 0 saturated heterocycles. The SMILES string of the molecule is N[C@@H](CCc1ccccc1)C(=O)Nc1ccc(=O)[nH]n1. The van der Waals surface area contributed by atoms with Crippen LogP contribution in [0.1, 0.15) is 12.0 Å². The number of benzene rings is 1. The molecule has 4 N–H and O–H groups in total. The fourth-order valence-corrected chi connectivity index (χ4v) is 1.73. The first kappa shape index (κ1) is 14.0. The molecular formula is C14H16N4O2. The normalized spacial score (nSPS) is 11.8. The summed E-state index contributed by atoms with van der Waals surface area (Å²) >= 11 is 0. The van der Waals surface area contributed by atoms with Crippen molar-refractivity contribution < 1.29 is 4.79 Å². The van der Waals surface area contributed by atoms with Crippen molar-refractivity contribution in [2.24, 2.45) is 5.73 Å². The molecule has 2 rings (SSSR count). The van der Waals surface area contributed by atoms with Gasteiger partial charge in [-0.05, 0) is 24.5 Å². The highest BCUT2D eigenvalue weighted by Crippen LogP contribution is 2.05. The fourth-order valence-electron chi connectivity index (χ4n) is 1.73. The molecule has 0 bridgehead atoms. The molecule has 1 amide bonds. The van der Waals surface area contributed by atoms with Gasteiger partial charge in [-0.25, -0.2) is 5.10 Å². The van der Waals surface area contributed by atoms with E-state index in [1.54, 1.807) is 0 Å². The van der Waals surface area contributed by atoms with Crippen LogP contribution in [-0.2, 0) is 11.2 Å². The third-order valence-electron chi connectivity index (χ3n) is 2.85. The highest BCUT2D eigenvalue weighted by Gasteiger charge is 2.14. The minimum absolute atomic E-state index is 0.282. The molecule has 0 radical (unpaired) electrons. The first-order chi connectivity index (χ1) is 9.65. The Bertz CT molecular complexity index is 604. The molecule has 2 aromatic rings. The van der Waals surface area contributed by atoms with Crippen LogP contribution < -0.4 is 16.6 Å². The second-order valence-corrected chi connectivity index (χ2v) is 4.43. The van der Waals surface area contributed by atoms with E-state index in [1.165, 1.54) is 12.1 Å². The number of nitrogens with one attached hydrogen (secondary N) is 2. The van der Waals surface area contributed by atoms with Gasteiger partial charge in [0.1, 0.15) is 0 Å². The summed E-state index contributed by atoms with van der Waals surface area (Å²) in [6.07, 6.45) is 1.27. The number of aromatic nitrogens is 2. The second-order valence-electron chi connectivity index (χ2n) is 4.43. The Kier molecular flexibility index (Phi) is 4.62. The highest BCUT2D eigenvalue weighted by molar-refractivity contribution is 5.93. The van der Waals surface area contributed by atoms with Crippen LogP contribution in [0.4, 0.5) is 5.82 Å². The minimum atomic E-state index is -0.621. The van der Waals surface area contributed by atoms with Crippen LogP contribution in [0, 0.1) is 0 Å². The third-order valence-corrected chi connectivity index (χ3v) is 2.85. The molecular weight excluding hydrogens is 256 g/mol. The Labute approximate surface area is 116 Å². The van der Waals surface area contributed by atoms with Gasteiger partial charge < -0.3 is 11.1 Å². The van der Waals surface area contributed by atoms with Crippen LogP contribution >= 0.6 is 0 Å². The average Bonchev–Trinajstić information content (AvgIpc) is 2.48. The quantitative estimate of drug-likeness (QED) is 0.744. The number of anilines is 1. The predicted molar refractivity (Wildman–Crippen MR) is 76.2 cm³/mol. The summed E-state index contributed by atoms with van der Waals surface area (Å²) in [5.41, 5.74) is 6.65. The topological polar surface area (TPSA) is 101 Å². The third kappa shape index (κ3) is 4.03. The van der Waals surface area contributed by atoms with Crippen LogP contribution in [0.2, 0.25) is 0 Å². The molecule has 0 fully saturated rings. The zero-order chi connectivity index (χ0) is 14.4. The van der Waals surface area contributed by atoms with Crippen molar-refractivity contribution in [3.05, 3.63) is 58.4 Å². The standard InChI is InChI=1S/C14H16N4O2/c15-11(7-6-10-4-2-1-3-5-10)14(20)16-12-8-9-13(19)18-17-12/h1-5,8-9,11H,6-7,15H2,(H,18,19)(H,16,17,20)/t11-/m0/s1. The van der Waals surface area contributed by atoms with Gasteiger partial charge in [0.15, 0.2) is 5.82 Å². The van der Waals surface area contributed by atoms with Crippen molar-refractivity contribution in [2.45, 2.75) is 18.9 Å². The van der Waals surface area contributed by atoms with Crippen molar-refractivity contribution in [1.29, 1.82) is 0 Å². The van der Waals surface area contributed by atoms with Crippen LogP contribution in [-0.4, -0.2) is 22.1 Å². The Morgan fingerprint density at radius 3 is 2.65 bits per heavy atom. The summed E-state index contributed by atoms with van der Waals surface area (Å²) in [7, 11) is 0. The summed E-state index contributed by atoms with van der Waals surface area (Å²) in [5, 5.41) is 8.49. The molecule has 0 aliphatic heterocycles. The summed E-state index contributed by atoms with van der Waals surface area (Å²) < 4.78 is 0. The lowest BCUT2D eigenvalue weighted by molar-refractivity contribution is -0.117. The minimum Gasteiger partial charge on any atom is -0.320 e. The van der Waals surface area contributed by atoms with Crippen LogP contribution in [0.25, 0.3) is 0 Å². The number of aryl methyl sites for hydroxylation is 1. The van der Waals surface area contributed by atoms with Crippen molar-refractivity contribution in [3.8, 4) is 0 Å². The maximum atomic E-state index is 11.9. The van der Waals surface area contributed by atoms with E-state index < -0.39 is 6.04 Å². The Morgan fingerprint density at radius 2 is 2.00 bits per heavy atom. The molecule has 104 valence electrons. The molecule has 20 heavy (non-hydrogen) atoms. The molecule has 1 heterocycles. The summed E-state index contributed by atoms with van der Waals surface area (Å²) in [6.45, 7) is 0. The fraction of sp³-hybridized carbons (Fsp3) is 0.214. The lowest BCUT2D eigenvalue weighted by atomic mass is 10.1. The number of H-pyrrole nitrogens is 1. The smallest absolute Gasteiger partial charge is 0.264 e. The van der Waals surface area contributed by atoms with Gasteiger partial charge in [-0.3, -0.25) is 9.59 Å². The molecule has 1 aromatic carbocycles. The van der Waals surface area contributed by atoms with Gasteiger partial charge in [-0.1, -0.05) is 30.3 Å². The number of amides is 1. The summed E-state index contributed by atoms with van der Waals surface area (Å²) in [5.74, 6) is -0.0368. The van der Waals surface area contributed by atoms with E-state index in [0.717, 1.165) is 12.0 Å². The Balaban J connectivity index is 1.86. The van der Waals surface area contributed by atoms with Crippen LogP contribution in [0.15, 0.2) is 47.3 Å². The average molecular weight is 272 g/mol. The number of aromatic amines is 1. The summed E-state index contributed by atoms with van der Waals surface area (Å²) in [4.78, 5) is 22.7. The number of rotatable bonds is 5. The van der Waals surface area contributed by atoms with E-state index in [0.29, 0.717) is 6.42 Å². The van der Waals surface area contributed by atoms with Gasteiger partial charge in [0.25, 0.3) is 5.56 Å². The van der Waals surface area contributed by atoms with E-state index in [2.05, 4.69) is 15.5 Å². The number of hydrogen-bond acceptors (Lipinski definition) is 4. The van der Waals surface area contributed by atoms with Crippen LogP contribution in [0.3, 0.4) is 0 Å². The Morgan fingerprint density at radius 1 is 1.25 bits per heavy atom. The predicted octanol–water partition coefficient (Wildman–Crippen LogP) is 0.668. The molecule has 0 saturated carbocycles. The van der Waals surface area contributed by atoms with Crippen LogP contribution in [0.5, 0.6) is 0 Å². The van der Waals surface area contributed by atoms with Gasteiger partial charge in [-0.15, -0.1) is 0 Å². The van der Waals surface area contributed by atoms with Gasteiger partial charge in [0, 0.05) is 6.07 Å². The maximum Gasteiger partial charge on any atom is 0.264 e. The second kappa shape index (κ2) is 6.63. The van der Waals surface area contributed by atoms with E-state index in [1.807, 2.05) is 30.3 Å². The highest BCUT2D eigenvalue weighted by atomic mass is 16.2. The molecule has 1 atom stereocenters. The first-order valence-electron chi connectivity index (χ1n) is 6.31. The number of carbonyl (C=O) groups excluding carboxylic acids is 1. The molecule has 0 aliphatic rings. The van der Waals surface area contributed by atoms with Crippen molar-refractivity contribution in [1.82, 2.24) is 10.2 Å². The van der Waals surface area contributed by atoms with E-state index in [-0.39, 0.29) is 17.3 Å². The molecule has 1 aromatic heterocycles. The number of nitrogens with two attached hydrogens (primary N) is 1. The molecule has 0 aliphatic carbocycles. The van der Waals surface area contributed by atoms with Gasteiger partial charge in [0.05, 0.1) is 6.04 Å². The van der Waals surface area contributed by atoms with E-state index in [9.17, 15) is 9.59 Å². The number of hydrogen-bond donors (Lipinski definition) is 3. The molecule has 0 spiro atoms. The van der Waals surface area contributed by atoms with E-state index >= 15 is 0 Å². The number of carbonyl (C=O) groups is 1. The largest absolute Gasteiger partial charge is 0.320 e. The summed E-state index contributed by atoms with van der Waals surface area (Å²) in [6, 6.07) is 11.9. The van der Waals surface area contributed by atoms with Gasteiger partial charge in [0.2, 0.25) is 5.91 Å². The van der Waals surface area contributed by atoms with Crippen molar-refractivity contribution in [2.75, 3.05) is 5.32 Å². The maximum absolute atomic E-state index is 11.9. The number of nitrogens with zero attached hydrogens (tertiary/aromatic N) is 1. The van der Waals surface area contributed by atoms with Crippen molar-refractivity contribution >= 4 is 11.7 Å². The first-order valence-corrected chi connectivity index (χ1v) is 6.31.